The maximum atomic E-state index is 15.2. The first kappa shape index (κ1) is 26.1. The summed E-state index contributed by atoms with van der Waals surface area (Å²) in [7, 11) is 1.34. The molecule has 0 radical (unpaired) electrons. The molecule has 1 aliphatic heterocycles. The van der Waals surface area contributed by atoms with E-state index < -0.39 is 37.4 Å². The SMILES string of the molecule is COc1nc(N[C@H]2CCN(C(C)=O)C[C@H]2F)nn2cc(F)c(-c3ccc(N=N)c(NC(CF)CF)c3)c12. The smallest absolute Gasteiger partial charge is 0.244 e. The molecule has 0 unspecified atom stereocenters. The fourth-order valence-corrected chi connectivity index (χ4v) is 4.26. The van der Waals surface area contributed by atoms with Crippen LogP contribution < -0.4 is 15.4 Å². The van der Waals surface area contributed by atoms with Crippen LogP contribution in [0.3, 0.4) is 0 Å². The van der Waals surface area contributed by atoms with E-state index in [-0.39, 0.29) is 46.7 Å². The van der Waals surface area contributed by atoms with Crippen LogP contribution in [0.5, 0.6) is 5.88 Å². The molecule has 1 aliphatic rings. The number of likely N-dealkylation sites (tertiary alicyclic amines) is 1. The number of nitrogens with one attached hydrogen (secondary N) is 3. The molecule has 198 valence electrons. The number of fused-ring (bicyclic) bond motifs is 1. The fourth-order valence-electron chi connectivity index (χ4n) is 4.26. The Morgan fingerprint density at radius 2 is 2.11 bits per heavy atom. The van der Waals surface area contributed by atoms with Gasteiger partial charge in [0.2, 0.25) is 17.7 Å². The van der Waals surface area contributed by atoms with Gasteiger partial charge in [-0.1, -0.05) is 6.07 Å². The van der Waals surface area contributed by atoms with E-state index >= 15 is 4.39 Å². The molecule has 1 aromatic carbocycles. The van der Waals surface area contributed by atoms with Gasteiger partial charge in [0, 0.05) is 13.5 Å². The van der Waals surface area contributed by atoms with Crippen molar-refractivity contribution in [2.24, 2.45) is 5.11 Å². The first-order valence-corrected chi connectivity index (χ1v) is 11.5. The number of aromatic nitrogens is 3. The van der Waals surface area contributed by atoms with Gasteiger partial charge in [-0.15, -0.1) is 5.10 Å². The minimum atomic E-state index is -1.36. The van der Waals surface area contributed by atoms with E-state index in [0.29, 0.717) is 18.5 Å². The van der Waals surface area contributed by atoms with Crippen LogP contribution in [0.25, 0.3) is 16.6 Å². The zero-order valence-corrected chi connectivity index (χ0v) is 20.1. The highest BCUT2D eigenvalue weighted by Gasteiger charge is 2.31. The van der Waals surface area contributed by atoms with Crippen molar-refractivity contribution in [2.45, 2.75) is 31.6 Å². The Balaban J connectivity index is 1.70. The van der Waals surface area contributed by atoms with Crippen LogP contribution in [-0.4, -0.2) is 77.2 Å². The van der Waals surface area contributed by atoms with Crippen molar-refractivity contribution in [3.63, 3.8) is 0 Å². The molecule has 14 heteroatoms. The maximum Gasteiger partial charge on any atom is 0.244 e. The lowest BCUT2D eigenvalue weighted by Gasteiger charge is -2.34. The van der Waals surface area contributed by atoms with Crippen LogP contribution in [0.1, 0.15) is 13.3 Å². The molecule has 1 saturated heterocycles. The van der Waals surface area contributed by atoms with E-state index in [1.807, 2.05) is 0 Å². The van der Waals surface area contributed by atoms with E-state index in [9.17, 15) is 18.0 Å². The van der Waals surface area contributed by atoms with E-state index in [1.54, 1.807) is 0 Å². The normalized spacial score (nSPS) is 17.8. The Bertz CT molecular complexity index is 1300. The summed E-state index contributed by atoms with van der Waals surface area (Å²) >= 11 is 0. The van der Waals surface area contributed by atoms with Crippen molar-refractivity contribution in [1.29, 1.82) is 5.53 Å². The number of carbonyl (C=O) groups is 1. The largest absolute Gasteiger partial charge is 0.479 e. The van der Waals surface area contributed by atoms with Crippen molar-refractivity contribution >= 4 is 28.7 Å². The van der Waals surface area contributed by atoms with Gasteiger partial charge < -0.3 is 20.3 Å². The number of alkyl halides is 3. The summed E-state index contributed by atoms with van der Waals surface area (Å²) in [6.07, 6.45) is 0.0782. The fraction of sp³-hybridized carbons (Fsp3) is 0.435. The lowest BCUT2D eigenvalue weighted by Crippen LogP contribution is -2.49. The topological polar surface area (TPSA) is 120 Å². The number of methoxy groups -OCH3 is 1. The standard InChI is InChI=1S/C23H26F4N8O2/c1-12(36)34-6-5-17(15(26)10-34)30-23-31-22(37-2)21-20(16(27)11-35(21)33-23)13-3-4-18(32-28)19(7-13)29-14(8-24)9-25/h3-4,7,11,14-15,17,28-29H,5-6,8-10H2,1-2H3,(H,30,33)/t15-,17+/m1/s1. The molecule has 10 nitrogen and oxygen atoms in total. The second kappa shape index (κ2) is 11.0. The number of halogens is 4. The number of piperidine rings is 1. The molecule has 0 aliphatic carbocycles. The first-order chi connectivity index (χ1) is 17.8. The van der Waals surface area contributed by atoms with Gasteiger partial charge in [0.15, 0.2) is 5.82 Å². The highest BCUT2D eigenvalue weighted by Crippen LogP contribution is 2.38. The Hall–Kier alpha value is -3.97. The van der Waals surface area contributed by atoms with Crippen LogP contribution in [0, 0.1) is 11.3 Å². The predicted molar refractivity (Wildman–Crippen MR) is 128 cm³/mol. The van der Waals surface area contributed by atoms with Gasteiger partial charge in [-0.05, 0) is 24.1 Å². The summed E-state index contributed by atoms with van der Waals surface area (Å²) in [5.41, 5.74) is 8.12. The lowest BCUT2D eigenvalue weighted by atomic mass is 10.0. The monoisotopic (exact) mass is 522 g/mol. The summed E-state index contributed by atoms with van der Waals surface area (Å²) in [4.78, 5) is 17.3. The molecule has 2 aromatic heterocycles. The highest BCUT2D eigenvalue weighted by molar-refractivity contribution is 5.88. The number of hydrogen-bond donors (Lipinski definition) is 3. The Labute approximate surface area is 209 Å². The van der Waals surface area contributed by atoms with Gasteiger partial charge in [0.25, 0.3) is 0 Å². The molecule has 0 spiro atoms. The number of carbonyl (C=O) groups excluding carboxylic acids is 1. The Morgan fingerprint density at radius 3 is 2.73 bits per heavy atom. The van der Waals surface area contributed by atoms with Gasteiger partial charge in [0.05, 0.1) is 43.2 Å². The van der Waals surface area contributed by atoms with Gasteiger partial charge in [-0.2, -0.15) is 10.1 Å². The zero-order valence-electron chi connectivity index (χ0n) is 20.1. The molecular weight excluding hydrogens is 496 g/mol. The predicted octanol–water partition coefficient (Wildman–Crippen LogP) is 4.30. The Morgan fingerprint density at radius 1 is 1.35 bits per heavy atom. The number of benzene rings is 1. The van der Waals surface area contributed by atoms with Gasteiger partial charge >= 0.3 is 0 Å². The molecule has 3 heterocycles. The average molecular weight is 523 g/mol. The Kier molecular flexibility index (Phi) is 7.74. The third kappa shape index (κ3) is 5.27. The molecule has 4 rings (SSSR count). The average Bonchev–Trinajstić information content (AvgIpc) is 3.23. The molecule has 2 atom stereocenters. The van der Waals surface area contributed by atoms with E-state index in [2.05, 4.69) is 25.8 Å². The van der Waals surface area contributed by atoms with Crippen LogP contribution in [-0.2, 0) is 4.79 Å². The van der Waals surface area contributed by atoms with Gasteiger partial charge in [0.1, 0.15) is 30.7 Å². The molecule has 37 heavy (non-hydrogen) atoms. The second-order valence-corrected chi connectivity index (χ2v) is 8.60. The summed E-state index contributed by atoms with van der Waals surface area (Å²) in [6.45, 7) is -0.288. The molecule has 0 saturated carbocycles. The van der Waals surface area contributed by atoms with Crippen LogP contribution in [0.4, 0.5) is 34.9 Å². The zero-order chi connectivity index (χ0) is 26.7. The lowest BCUT2D eigenvalue weighted by molar-refractivity contribution is -0.131. The summed E-state index contributed by atoms with van der Waals surface area (Å²) < 4.78 is 62.7. The second-order valence-electron chi connectivity index (χ2n) is 8.60. The number of amides is 1. The van der Waals surface area contributed by atoms with Gasteiger partial charge in [-0.3, -0.25) is 4.79 Å². The van der Waals surface area contributed by atoms with Crippen molar-refractivity contribution in [2.75, 3.05) is 44.2 Å². The van der Waals surface area contributed by atoms with Crippen LogP contribution >= 0.6 is 0 Å². The van der Waals surface area contributed by atoms with E-state index in [1.165, 1.54) is 41.6 Å². The summed E-state index contributed by atoms with van der Waals surface area (Å²) in [5.74, 6) is -0.878. The molecule has 0 bridgehead atoms. The van der Waals surface area contributed by atoms with Gasteiger partial charge in [-0.25, -0.2) is 27.6 Å². The van der Waals surface area contributed by atoms with Crippen molar-refractivity contribution in [1.82, 2.24) is 19.5 Å². The summed E-state index contributed by atoms with van der Waals surface area (Å²) in [5, 5.41) is 13.2. The van der Waals surface area contributed by atoms with E-state index in [4.69, 9.17) is 10.3 Å². The van der Waals surface area contributed by atoms with Crippen molar-refractivity contribution in [3.8, 4) is 17.0 Å². The third-order valence-electron chi connectivity index (χ3n) is 6.19. The molecular formula is C23H26F4N8O2. The van der Waals surface area contributed by atoms with Crippen LogP contribution in [0.2, 0.25) is 0 Å². The molecule has 1 amide bonds. The number of hydrogen-bond acceptors (Lipinski definition) is 8. The number of rotatable bonds is 9. The van der Waals surface area contributed by atoms with E-state index in [0.717, 1.165) is 6.20 Å². The quantitative estimate of drug-likeness (QED) is 0.285. The molecule has 3 aromatic rings. The van der Waals surface area contributed by atoms with Crippen molar-refractivity contribution in [3.05, 3.63) is 30.2 Å². The molecule has 1 fully saturated rings. The number of nitrogens with zero attached hydrogens (tertiary/aromatic N) is 5. The first-order valence-electron chi connectivity index (χ1n) is 11.5. The third-order valence-corrected chi connectivity index (χ3v) is 6.19. The molecule has 3 N–H and O–H groups in total. The number of ether oxygens (including phenoxy) is 1. The minimum Gasteiger partial charge on any atom is -0.479 e. The van der Waals surface area contributed by atoms with Crippen LogP contribution in [0.15, 0.2) is 29.5 Å². The van der Waals surface area contributed by atoms with Crippen molar-refractivity contribution < 1.29 is 27.1 Å². The minimum absolute atomic E-state index is 0.00198. The maximum absolute atomic E-state index is 15.2. The summed E-state index contributed by atoms with van der Waals surface area (Å²) in [6, 6.07) is 2.52. The number of anilines is 2. The highest BCUT2D eigenvalue weighted by atomic mass is 19.1.